The van der Waals surface area contributed by atoms with Gasteiger partial charge in [0.05, 0.1) is 18.1 Å². The summed E-state index contributed by atoms with van der Waals surface area (Å²) in [4.78, 5) is 36.4. The van der Waals surface area contributed by atoms with Crippen molar-refractivity contribution >= 4 is 17.8 Å². The van der Waals surface area contributed by atoms with E-state index in [9.17, 15) is 14.4 Å². The first kappa shape index (κ1) is 20.6. The minimum atomic E-state index is -0.648. The number of methoxy groups -OCH3 is 1. The summed E-state index contributed by atoms with van der Waals surface area (Å²) in [6.07, 6.45) is 3.42. The second kappa shape index (κ2) is 9.37. The molecule has 0 radical (unpaired) electrons. The van der Waals surface area contributed by atoms with Gasteiger partial charge in [-0.05, 0) is 36.1 Å². The van der Waals surface area contributed by atoms with E-state index in [0.717, 1.165) is 36.8 Å². The minimum Gasteiger partial charge on any atom is -0.465 e. The van der Waals surface area contributed by atoms with Gasteiger partial charge in [-0.3, -0.25) is 9.59 Å². The second-order valence-corrected chi connectivity index (χ2v) is 7.20. The first-order valence-electron chi connectivity index (χ1n) is 9.72. The van der Waals surface area contributed by atoms with Crippen molar-refractivity contribution in [3.05, 3.63) is 71.3 Å². The Morgan fingerprint density at radius 3 is 2.24 bits per heavy atom. The topological polar surface area (TPSA) is 81.7 Å². The molecule has 0 spiro atoms. The summed E-state index contributed by atoms with van der Waals surface area (Å²) in [7, 11) is 1.32. The van der Waals surface area contributed by atoms with Gasteiger partial charge < -0.3 is 14.8 Å². The number of benzene rings is 2. The zero-order chi connectivity index (χ0) is 20.7. The summed E-state index contributed by atoms with van der Waals surface area (Å²) >= 11 is 0. The maximum Gasteiger partial charge on any atom is 0.337 e. The molecule has 2 aromatic carbocycles. The van der Waals surface area contributed by atoms with Crippen LogP contribution in [0.3, 0.4) is 0 Å². The van der Waals surface area contributed by atoms with Crippen LogP contribution in [0.4, 0.5) is 0 Å². The Morgan fingerprint density at radius 1 is 0.966 bits per heavy atom. The smallest absolute Gasteiger partial charge is 0.337 e. The molecule has 0 unspecified atom stereocenters. The van der Waals surface area contributed by atoms with Gasteiger partial charge in [-0.2, -0.15) is 0 Å². The Kier molecular flexibility index (Phi) is 6.65. The number of hydrogen-bond acceptors (Lipinski definition) is 5. The summed E-state index contributed by atoms with van der Waals surface area (Å²) in [6.45, 7) is -0.0324. The molecule has 0 saturated heterocycles. The highest BCUT2D eigenvalue weighted by molar-refractivity contribution is 5.89. The highest BCUT2D eigenvalue weighted by Gasteiger charge is 2.44. The zero-order valence-electron chi connectivity index (χ0n) is 16.5. The lowest BCUT2D eigenvalue weighted by Gasteiger charge is -2.27. The maximum atomic E-state index is 12.8. The first-order valence-corrected chi connectivity index (χ1v) is 9.72. The minimum absolute atomic E-state index is 0.279. The third kappa shape index (κ3) is 4.83. The van der Waals surface area contributed by atoms with E-state index in [0.29, 0.717) is 5.56 Å². The molecule has 6 nitrogen and oxygen atoms in total. The van der Waals surface area contributed by atoms with Crippen LogP contribution in [0.5, 0.6) is 0 Å². The van der Waals surface area contributed by atoms with Crippen LogP contribution in [0.15, 0.2) is 54.6 Å². The number of ether oxygens (including phenoxy) is 2. The lowest BCUT2D eigenvalue weighted by Crippen LogP contribution is -2.37. The molecular weight excluding hydrogens is 370 g/mol. The normalized spacial score (nSPS) is 14.8. The van der Waals surface area contributed by atoms with Crippen LogP contribution in [0.2, 0.25) is 0 Å². The summed E-state index contributed by atoms with van der Waals surface area (Å²) in [5, 5.41) is 2.73. The van der Waals surface area contributed by atoms with Crippen LogP contribution >= 0.6 is 0 Å². The first-order chi connectivity index (χ1) is 14.0. The van der Waals surface area contributed by atoms with E-state index in [4.69, 9.17) is 4.74 Å². The van der Waals surface area contributed by atoms with Crippen LogP contribution in [-0.4, -0.2) is 31.6 Å². The summed E-state index contributed by atoms with van der Waals surface area (Å²) in [6, 6.07) is 16.4. The Bertz CT molecular complexity index is 855. The van der Waals surface area contributed by atoms with Crippen molar-refractivity contribution in [3.8, 4) is 0 Å². The van der Waals surface area contributed by atoms with Gasteiger partial charge in [0, 0.05) is 6.54 Å². The molecule has 0 atom stereocenters. The third-order valence-electron chi connectivity index (χ3n) is 5.37. The van der Waals surface area contributed by atoms with E-state index in [1.54, 1.807) is 24.3 Å². The van der Waals surface area contributed by atoms with Crippen LogP contribution < -0.4 is 5.32 Å². The predicted octanol–water partition coefficient (Wildman–Crippen LogP) is 3.14. The highest BCUT2D eigenvalue weighted by Crippen LogP contribution is 2.42. The molecule has 1 aliphatic carbocycles. The fourth-order valence-electron chi connectivity index (χ4n) is 3.74. The molecule has 29 heavy (non-hydrogen) atoms. The molecule has 0 bridgehead atoms. The van der Waals surface area contributed by atoms with E-state index in [-0.39, 0.29) is 25.0 Å². The molecule has 0 heterocycles. The maximum absolute atomic E-state index is 12.8. The fourth-order valence-corrected chi connectivity index (χ4v) is 3.74. The lowest BCUT2D eigenvalue weighted by molar-refractivity contribution is -0.154. The largest absolute Gasteiger partial charge is 0.465 e. The molecule has 1 fully saturated rings. The Hall–Kier alpha value is -3.15. The summed E-state index contributed by atoms with van der Waals surface area (Å²) in [5.41, 5.74) is 1.58. The quantitative estimate of drug-likeness (QED) is 0.729. The molecule has 3 rings (SSSR count). The number of hydrogen-bond donors (Lipinski definition) is 1. The number of carbonyl (C=O) groups is 3. The molecule has 6 heteroatoms. The van der Waals surface area contributed by atoms with Crippen molar-refractivity contribution in [2.24, 2.45) is 0 Å². The predicted molar refractivity (Wildman–Crippen MR) is 107 cm³/mol. The van der Waals surface area contributed by atoms with E-state index < -0.39 is 11.4 Å². The van der Waals surface area contributed by atoms with E-state index in [1.165, 1.54) is 7.11 Å². The Labute approximate surface area is 170 Å². The van der Waals surface area contributed by atoms with Crippen LogP contribution in [0.1, 0.15) is 47.2 Å². The van der Waals surface area contributed by atoms with Gasteiger partial charge in [-0.1, -0.05) is 55.3 Å². The molecular formula is C23H25NO5. The SMILES string of the molecule is COC(=O)c1ccc(CNC(=O)COC(=O)C2(c3ccccc3)CCCC2)cc1. The monoisotopic (exact) mass is 395 g/mol. The van der Waals surface area contributed by atoms with Crippen molar-refractivity contribution in [1.82, 2.24) is 5.32 Å². The molecule has 1 N–H and O–H groups in total. The van der Waals surface area contributed by atoms with Gasteiger partial charge in [-0.15, -0.1) is 0 Å². The van der Waals surface area contributed by atoms with Gasteiger partial charge >= 0.3 is 11.9 Å². The van der Waals surface area contributed by atoms with Crippen LogP contribution in [-0.2, 0) is 31.0 Å². The molecule has 0 aromatic heterocycles. The van der Waals surface area contributed by atoms with Crippen molar-refractivity contribution in [2.45, 2.75) is 37.6 Å². The summed E-state index contributed by atoms with van der Waals surface area (Å²) in [5.74, 6) is -1.11. The summed E-state index contributed by atoms with van der Waals surface area (Å²) < 4.78 is 10.0. The molecule has 2 aromatic rings. The number of carbonyl (C=O) groups excluding carboxylic acids is 3. The van der Waals surface area contributed by atoms with E-state index in [2.05, 4.69) is 10.1 Å². The highest BCUT2D eigenvalue weighted by atomic mass is 16.5. The number of amides is 1. The van der Waals surface area contributed by atoms with Crippen molar-refractivity contribution in [2.75, 3.05) is 13.7 Å². The Morgan fingerprint density at radius 2 is 1.62 bits per heavy atom. The van der Waals surface area contributed by atoms with Gasteiger partial charge in [0.2, 0.25) is 0 Å². The second-order valence-electron chi connectivity index (χ2n) is 7.20. The molecule has 1 aliphatic rings. The van der Waals surface area contributed by atoms with Gasteiger partial charge in [-0.25, -0.2) is 4.79 Å². The lowest BCUT2D eigenvalue weighted by atomic mass is 9.79. The fraction of sp³-hybridized carbons (Fsp3) is 0.348. The van der Waals surface area contributed by atoms with Gasteiger partial charge in [0.1, 0.15) is 0 Å². The third-order valence-corrected chi connectivity index (χ3v) is 5.37. The van der Waals surface area contributed by atoms with E-state index in [1.807, 2.05) is 30.3 Å². The Balaban J connectivity index is 1.52. The van der Waals surface area contributed by atoms with Crippen LogP contribution in [0.25, 0.3) is 0 Å². The standard InChI is InChI=1S/C23H25NO5/c1-28-21(26)18-11-9-17(10-12-18)15-24-20(25)16-29-22(27)23(13-5-6-14-23)19-7-3-2-4-8-19/h2-4,7-12H,5-6,13-16H2,1H3,(H,24,25). The van der Waals surface area contributed by atoms with E-state index >= 15 is 0 Å². The van der Waals surface area contributed by atoms with Crippen LogP contribution in [0, 0.1) is 0 Å². The molecule has 1 saturated carbocycles. The molecule has 1 amide bonds. The number of nitrogens with one attached hydrogen (secondary N) is 1. The van der Waals surface area contributed by atoms with Crippen molar-refractivity contribution < 1.29 is 23.9 Å². The van der Waals surface area contributed by atoms with Gasteiger partial charge in [0.15, 0.2) is 6.61 Å². The molecule has 152 valence electrons. The average molecular weight is 395 g/mol. The van der Waals surface area contributed by atoms with Crippen molar-refractivity contribution in [3.63, 3.8) is 0 Å². The zero-order valence-corrected chi connectivity index (χ0v) is 16.5. The number of esters is 2. The number of rotatable bonds is 7. The average Bonchev–Trinajstić information content (AvgIpc) is 3.28. The van der Waals surface area contributed by atoms with Gasteiger partial charge in [0.25, 0.3) is 5.91 Å². The molecule has 0 aliphatic heterocycles. The van der Waals surface area contributed by atoms with Crippen molar-refractivity contribution in [1.29, 1.82) is 0 Å².